The molecule has 0 aromatic heterocycles. The van der Waals surface area contributed by atoms with Crippen LogP contribution >= 0.6 is 0 Å². The first-order valence-corrected chi connectivity index (χ1v) is 4.93. The van der Waals surface area contributed by atoms with E-state index in [1.807, 2.05) is 36.4 Å². The second-order valence-corrected chi connectivity index (χ2v) is 3.45. The topological polar surface area (TPSA) is 37.3 Å². The Labute approximate surface area is 88.2 Å². The summed E-state index contributed by atoms with van der Waals surface area (Å²) in [5.74, 6) is 0. The molecule has 1 N–H and O–H groups in total. The molecule has 15 heavy (non-hydrogen) atoms. The highest BCUT2D eigenvalue weighted by molar-refractivity contribution is 5.99. The SMILES string of the molecule is O=Cc1c(CCO)ccc2ccccc12. The predicted molar refractivity (Wildman–Crippen MR) is 60.1 cm³/mol. The number of aliphatic hydroxyl groups excluding tert-OH is 1. The molecule has 2 aromatic carbocycles. The number of fused-ring (bicyclic) bond motifs is 1. The molecular weight excluding hydrogens is 188 g/mol. The largest absolute Gasteiger partial charge is 0.396 e. The molecule has 0 heterocycles. The van der Waals surface area contributed by atoms with E-state index in [1.54, 1.807) is 0 Å². The summed E-state index contributed by atoms with van der Waals surface area (Å²) in [5.41, 5.74) is 1.60. The van der Waals surface area contributed by atoms with Crippen molar-refractivity contribution in [2.45, 2.75) is 6.42 Å². The lowest BCUT2D eigenvalue weighted by Crippen LogP contribution is -1.97. The maximum atomic E-state index is 11.0. The zero-order valence-electron chi connectivity index (χ0n) is 8.31. The molecule has 0 atom stereocenters. The molecule has 0 unspecified atom stereocenters. The van der Waals surface area contributed by atoms with Gasteiger partial charge >= 0.3 is 0 Å². The van der Waals surface area contributed by atoms with Gasteiger partial charge in [-0.1, -0.05) is 36.4 Å². The average molecular weight is 200 g/mol. The summed E-state index contributed by atoms with van der Waals surface area (Å²) >= 11 is 0. The molecule has 0 aliphatic carbocycles. The van der Waals surface area contributed by atoms with Crippen molar-refractivity contribution >= 4 is 17.1 Å². The summed E-state index contributed by atoms with van der Waals surface area (Å²) in [5, 5.41) is 10.9. The number of hydrogen-bond acceptors (Lipinski definition) is 2. The molecule has 0 aliphatic rings. The standard InChI is InChI=1S/C13H12O2/c14-8-7-11-6-5-10-3-1-2-4-12(10)13(11)9-15/h1-6,9,14H,7-8H2. The van der Waals surface area contributed by atoms with E-state index in [-0.39, 0.29) is 6.61 Å². The first-order valence-electron chi connectivity index (χ1n) is 4.93. The lowest BCUT2D eigenvalue weighted by atomic mass is 9.98. The monoisotopic (exact) mass is 200 g/mol. The van der Waals surface area contributed by atoms with Crippen LogP contribution in [0.15, 0.2) is 36.4 Å². The average Bonchev–Trinajstić information content (AvgIpc) is 2.29. The Balaban J connectivity index is 2.69. The molecule has 2 aromatic rings. The van der Waals surface area contributed by atoms with E-state index < -0.39 is 0 Å². The Morgan fingerprint density at radius 3 is 2.67 bits per heavy atom. The van der Waals surface area contributed by atoms with Crippen LogP contribution in [0.3, 0.4) is 0 Å². The van der Waals surface area contributed by atoms with Crippen LogP contribution in [0.5, 0.6) is 0 Å². The predicted octanol–water partition coefficient (Wildman–Crippen LogP) is 2.19. The van der Waals surface area contributed by atoms with Gasteiger partial charge in [0.1, 0.15) is 0 Å². The van der Waals surface area contributed by atoms with Gasteiger partial charge in [-0.05, 0) is 22.8 Å². The summed E-state index contributed by atoms with van der Waals surface area (Å²) in [4.78, 5) is 11.0. The molecule has 0 saturated carbocycles. The molecule has 0 aliphatic heterocycles. The molecule has 0 spiro atoms. The van der Waals surface area contributed by atoms with Gasteiger partial charge in [-0.2, -0.15) is 0 Å². The van der Waals surface area contributed by atoms with Crippen molar-refractivity contribution in [2.24, 2.45) is 0 Å². The van der Waals surface area contributed by atoms with Crippen LogP contribution in [-0.4, -0.2) is 18.0 Å². The minimum absolute atomic E-state index is 0.0686. The van der Waals surface area contributed by atoms with Gasteiger partial charge in [0, 0.05) is 12.2 Å². The minimum atomic E-state index is 0.0686. The first-order chi connectivity index (χ1) is 7.36. The van der Waals surface area contributed by atoms with E-state index in [1.165, 1.54) is 0 Å². The Morgan fingerprint density at radius 2 is 1.93 bits per heavy atom. The van der Waals surface area contributed by atoms with Crippen LogP contribution in [0.1, 0.15) is 15.9 Å². The van der Waals surface area contributed by atoms with Crippen LogP contribution < -0.4 is 0 Å². The maximum absolute atomic E-state index is 11.0. The Bertz CT molecular complexity index is 489. The second-order valence-electron chi connectivity index (χ2n) is 3.45. The number of aldehydes is 1. The Hall–Kier alpha value is -1.67. The van der Waals surface area contributed by atoms with E-state index >= 15 is 0 Å². The fraction of sp³-hybridized carbons (Fsp3) is 0.154. The zero-order chi connectivity index (χ0) is 10.7. The van der Waals surface area contributed by atoms with Crippen molar-refractivity contribution in [1.82, 2.24) is 0 Å². The molecule has 2 rings (SSSR count). The fourth-order valence-corrected chi connectivity index (χ4v) is 1.82. The smallest absolute Gasteiger partial charge is 0.150 e. The quantitative estimate of drug-likeness (QED) is 0.771. The van der Waals surface area contributed by atoms with E-state index in [0.717, 1.165) is 22.6 Å². The van der Waals surface area contributed by atoms with E-state index in [2.05, 4.69) is 0 Å². The third-order valence-electron chi connectivity index (χ3n) is 2.56. The van der Waals surface area contributed by atoms with Crippen molar-refractivity contribution < 1.29 is 9.90 Å². The van der Waals surface area contributed by atoms with Crippen LogP contribution in [-0.2, 0) is 6.42 Å². The molecule has 0 bridgehead atoms. The van der Waals surface area contributed by atoms with Gasteiger partial charge in [0.2, 0.25) is 0 Å². The Morgan fingerprint density at radius 1 is 1.13 bits per heavy atom. The highest BCUT2D eigenvalue weighted by Gasteiger charge is 2.05. The van der Waals surface area contributed by atoms with Crippen molar-refractivity contribution in [3.05, 3.63) is 47.5 Å². The highest BCUT2D eigenvalue weighted by Crippen LogP contribution is 2.21. The van der Waals surface area contributed by atoms with E-state index in [4.69, 9.17) is 5.11 Å². The summed E-state index contributed by atoms with van der Waals surface area (Å²) < 4.78 is 0. The van der Waals surface area contributed by atoms with Gasteiger partial charge in [-0.3, -0.25) is 4.79 Å². The minimum Gasteiger partial charge on any atom is -0.396 e. The summed E-state index contributed by atoms with van der Waals surface area (Å²) in [6.07, 6.45) is 1.40. The van der Waals surface area contributed by atoms with Crippen molar-refractivity contribution in [1.29, 1.82) is 0 Å². The number of aliphatic hydroxyl groups is 1. The highest BCUT2D eigenvalue weighted by atomic mass is 16.2. The summed E-state index contributed by atoms with van der Waals surface area (Å²) in [6, 6.07) is 11.7. The maximum Gasteiger partial charge on any atom is 0.150 e. The molecular formula is C13H12O2. The van der Waals surface area contributed by atoms with Crippen molar-refractivity contribution in [3.63, 3.8) is 0 Å². The molecule has 0 amide bonds. The van der Waals surface area contributed by atoms with Crippen LogP contribution in [0.4, 0.5) is 0 Å². The summed E-state index contributed by atoms with van der Waals surface area (Å²) in [7, 11) is 0. The van der Waals surface area contributed by atoms with Gasteiger partial charge in [-0.25, -0.2) is 0 Å². The number of carbonyl (C=O) groups is 1. The lowest BCUT2D eigenvalue weighted by molar-refractivity contribution is 0.112. The van der Waals surface area contributed by atoms with Crippen LogP contribution in [0.25, 0.3) is 10.8 Å². The molecule has 2 heteroatoms. The van der Waals surface area contributed by atoms with Gasteiger partial charge < -0.3 is 5.11 Å². The molecule has 0 saturated heterocycles. The summed E-state index contributed by atoms with van der Waals surface area (Å²) in [6.45, 7) is 0.0686. The fourth-order valence-electron chi connectivity index (χ4n) is 1.82. The lowest BCUT2D eigenvalue weighted by Gasteiger charge is -2.06. The molecule has 0 radical (unpaired) electrons. The Kier molecular flexibility index (Phi) is 2.79. The van der Waals surface area contributed by atoms with Crippen LogP contribution in [0, 0.1) is 0 Å². The first kappa shape index (κ1) is 9.87. The third kappa shape index (κ3) is 1.76. The van der Waals surface area contributed by atoms with Gasteiger partial charge in [0.15, 0.2) is 6.29 Å². The van der Waals surface area contributed by atoms with Gasteiger partial charge in [-0.15, -0.1) is 0 Å². The molecule has 2 nitrogen and oxygen atoms in total. The second kappa shape index (κ2) is 4.24. The van der Waals surface area contributed by atoms with Crippen molar-refractivity contribution in [2.75, 3.05) is 6.61 Å². The van der Waals surface area contributed by atoms with Crippen molar-refractivity contribution in [3.8, 4) is 0 Å². The molecule has 76 valence electrons. The number of rotatable bonds is 3. The number of carbonyl (C=O) groups excluding carboxylic acids is 1. The molecule has 0 fully saturated rings. The zero-order valence-corrected chi connectivity index (χ0v) is 8.31. The normalized spacial score (nSPS) is 10.5. The van der Waals surface area contributed by atoms with Gasteiger partial charge in [0.25, 0.3) is 0 Å². The van der Waals surface area contributed by atoms with E-state index in [9.17, 15) is 4.79 Å². The van der Waals surface area contributed by atoms with Crippen LogP contribution in [0.2, 0.25) is 0 Å². The number of benzene rings is 2. The van der Waals surface area contributed by atoms with E-state index in [0.29, 0.717) is 12.0 Å². The number of hydrogen-bond donors (Lipinski definition) is 1. The van der Waals surface area contributed by atoms with Gasteiger partial charge in [0.05, 0.1) is 0 Å². The third-order valence-corrected chi connectivity index (χ3v) is 2.56.